The average molecular weight is 267 g/mol. The van der Waals surface area contributed by atoms with Gasteiger partial charge in [0.1, 0.15) is 10.4 Å². The molecule has 0 saturated heterocycles. The van der Waals surface area contributed by atoms with E-state index in [1.165, 1.54) is 12.1 Å². The zero-order valence-electron chi connectivity index (χ0n) is 8.60. The maximum Gasteiger partial charge on any atom is 0.276 e. The molecule has 11 heteroatoms. The summed E-state index contributed by atoms with van der Waals surface area (Å²) in [5.74, 6) is -0.163. The lowest BCUT2D eigenvalue weighted by Crippen LogP contribution is -2.14. The van der Waals surface area contributed by atoms with Crippen molar-refractivity contribution in [2.45, 2.75) is 4.90 Å². The molecule has 0 spiro atoms. The van der Waals surface area contributed by atoms with Crippen molar-refractivity contribution in [3.05, 3.63) is 18.2 Å². The predicted molar refractivity (Wildman–Crippen MR) is 56.8 cm³/mol. The number of nitrogens with zero attached hydrogens (tertiary/aromatic N) is 5. The van der Waals surface area contributed by atoms with Gasteiger partial charge in [-0.05, 0) is 27.7 Å². The molecule has 0 fully saturated rings. The van der Waals surface area contributed by atoms with Crippen molar-refractivity contribution in [1.82, 2.24) is 30.9 Å². The fourth-order valence-electron chi connectivity index (χ4n) is 1.38. The first-order valence-electron chi connectivity index (χ1n) is 4.64. The Hall–Kier alpha value is -2.56. The topological polar surface area (TPSA) is 140 Å². The summed E-state index contributed by atoms with van der Waals surface area (Å²) in [7, 11) is -3.88. The minimum atomic E-state index is -3.88. The Kier molecular flexibility index (Phi) is 2.19. The van der Waals surface area contributed by atoms with Crippen LogP contribution in [0.3, 0.4) is 0 Å². The maximum absolute atomic E-state index is 12.1. The molecule has 0 aliphatic carbocycles. The number of aromatic amines is 1. The van der Waals surface area contributed by atoms with Gasteiger partial charge in [0.25, 0.3) is 16.0 Å². The second-order valence-corrected chi connectivity index (χ2v) is 4.88. The number of hydrogen-bond acceptors (Lipinski definition) is 8. The molecule has 0 bridgehead atoms. The first kappa shape index (κ1) is 10.6. The fraction of sp³-hybridized carbons (Fsp3) is 0. The summed E-state index contributed by atoms with van der Waals surface area (Å²) >= 11 is 0. The van der Waals surface area contributed by atoms with E-state index < -0.39 is 10.0 Å². The highest BCUT2D eigenvalue weighted by molar-refractivity contribution is 7.93. The number of hydrogen-bond donors (Lipinski definition) is 2. The molecule has 2 heterocycles. The molecule has 1 aromatic carbocycles. The minimum absolute atomic E-state index is 0.0777. The molecule has 0 saturated carbocycles. The monoisotopic (exact) mass is 267 g/mol. The van der Waals surface area contributed by atoms with Crippen molar-refractivity contribution in [2.75, 3.05) is 4.72 Å². The third kappa shape index (κ3) is 1.66. The van der Waals surface area contributed by atoms with E-state index in [2.05, 4.69) is 40.3 Å². The van der Waals surface area contributed by atoms with Crippen LogP contribution in [0.4, 0.5) is 5.95 Å². The van der Waals surface area contributed by atoms with Gasteiger partial charge in [0.2, 0.25) is 0 Å². The Bertz CT molecular complexity index is 778. The number of fused-ring (bicyclic) bond motifs is 1. The number of aromatic nitrogens is 6. The molecule has 0 unspecified atom stereocenters. The molecule has 2 aromatic heterocycles. The molecule has 0 aliphatic rings. The summed E-state index contributed by atoms with van der Waals surface area (Å²) < 4.78 is 30.8. The van der Waals surface area contributed by atoms with Crippen LogP contribution in [0.15, 0.2) is 27.7 Å². The molecule has 2 N–H and O–H groups in total. The highest BCUT2D eigenvalue weighted by Gasteiger charge is 2.21. The lowest BCUT2D eigenvalue weighted by Gasteiger charge is -2.03. The maximum atomic E-state index is 12.1. The lowest BCUT2D eigenvalue weighted by molar-refractivity contribution is 0.315. The SMILES string of the molecule is O=S(=O)(Nc1nn[nH]n1)c1cccc2nonc12. The summed E-state index contributed by atoms with van der Waals surface area (Å²) in [6.07, 6.45) is 0. The van der Waals surface area contributed by atoms with E-state index in [0.29, 0.717) is 5.52 Å². The molecule has 0 atom stereocenters. The van der Waals surface area contributed by atoms with Crippen molar-refractivity contribution in [2.24, 2.45) is 0 Å². The molecule has 3 rings (SSSR count). The van der Waals surface area contributed by atoms with Crippen molar-refractivity contribution in [3.63, 3.8) is 0 Å². The molecule has 0 aliphatic heterocycles. The number of sulfonamides is 1. The van der Waals surface area contributed by atoms with Gasteiger partial charge in [-0.1, -0.05) is 11.2 Å². The normalized spacial score (nSPS) is 11.8. The van der Waals surface area contributed by atoms with Gasteiger partial charge in [0, 0.05) is 0 Å². The van der Waals surface area contributed by atoms with Crippen LogP contribution in [-0.4, -0.2) is 39.4 Å². The molecule has 0 radical (unpaired) electrons. The van der Waals surface area contributed by atoms with Crippen LogP contribution in [0.25, 0.3) is 11.0 Å². The number of H-pyrrole nitrogens is 1. The van der Waals surface area contributed by atoms with Crippen LogP contribution in [0.2, 0.25) is 0 Å². The number of nitrogens with one attached hydrogen (secondary N) is 2. The highest BCUT2D eigenvalue weighted by atomic mass is 32.2. The van der Waals surface area contributed by atoms with Crippen molar-refractivity contribution in [1.29, 1.82) is 0 Å². The van der Waals surface area contributed by atoms with E-state index in [1.807, 2.05) is 0 Å². The van der Waals surface area contributed by atoms with E-state index in [4.69, 9.17) is 0 Å². The second-order valence-electron chi connectivity index (χ2n) is 3.23. The quantitative estimate of drug-likeness (QED) is 0.649. The Morgan fingerprint density at radius 3 is 2.94 bits per heavy atom. The summed E-state index contributed by atoms with van der Waals surface area (Å²) in [4.78, 5) is -0.0777. The molecular weight excluding hydrogens is 262 g/mol. The first-order chi connectivity index (χ1) is 8.67. The fourth-order valence-corrected chi connectivity index (χ4v) is 2.47. The molecule has 92 valence electrons. The minimum Gasteiger partial charge on any atom is -0.244 e. The summed E-state index contributed by atoms with van der Waals surface area (Å²) in [6.45, 7) is 0. The van der Waals surface area contributed by atoms with Crippen molar-refractivity contribution in [3.8, 4) is 0 Å². The van der Waals surface area contributed by atoms with Crippen LogP contribution in [-0.2, 0) is 10.0 Å². The molecule has 3 aromatic rings. The van der Waals surface area contributed by atoms with E-state index >= 15 is 0 Å². The second kappa shape index (κ2) is 3.73. The van der Waals surface area contributed by atoms with E-state index in [-0.39, 0.29) is 16.4 Å². The Balaban J connectivity index is 2.11. The first-order valence-corrected chi connectivity index (χ1v) is 6.13. The third-order valence-corrected chi connectivity index (χ3v) is 3.47. The number of rotatable bonds is 3. The smallest absolute Gasteiger partial charge is 0.244 e. The van der Waals surface area contributed by atoms with Gasteiger partial charge in [0.05, 0.1) is 0 Å². The molecule has 10 nitrogen and oxygen atoms in total. The summed E-state index contributed by atoms with van der Waals surface area (Å²) in [6, 6.07) is 4.48. The van der Waals surface area contributed by atoms with Gasteiger partial charge in [-0.3, -0.25) is 0 Å². The van der Waals surface area contributed by atoms with Crippen LogP contribution in [0.5, 0.6) is 0 Å². The standard InChI is InChI=1S/C7H5N7O3S/c15-18(16,12-7-8-13-14-9-7)5-3-1-2-4-6(5)11-17-10-4/h1-3H,(H2,8,9,12,13,14). The van der Waals surface area contributed by atoms with E-state index in [9.17, 15) is 8.42 Å². The third-order valence-electron chi connectivity index (χ3n) is 2.11. The van der Waals surface area contributed by atoms with Gasteiger partial charge < -0.3 is 0 Å². The zero-order chi connectivity index (χ0) is 12.6. The van der Waals surface area contributed by atoms with Crippen LogP contribution in [0, 0.1) is 0 Å². The van der Waals surface area contributed by atoms with Gasteiger partial charge in [0.15, 0.2) is 5.52 Å². The predicted octanol–water partition coefficient (Wildman–Crippen LogP) is -0.463. The molecule has 0 amide bonds. The Morgan fingerprint density at radius 2 is 2.17 bits per heavy atom. The van der Waals surface area contributed by atoms with Gasteiger partial charge in [-0.15, -0.1) is 5.10 Å². The average Bonchev–Trinajstić information content (AvgIpc) is 2.97. The van der Waals surface area contributed by atoms with Gasteiger partial charge in [-0.25, -0.2) is 17.8 Å². The largest absolute Gasteiger partial charge is 0.276 e. The van der Waals surface area contributed by atoms with Gasteiger partial charge in [-0.2, -0.15) is 5.21 Å². The van der Waals surface area contributed by atoms with Crippen LogP contribution in [0.1, 0.15) is 0 Å². The Morgan fingerprint density at radius 1 is 1.28 bits per heavy atom. The number of tetrazole rings is 1. The van der Waals surface area contributed by atoms with Crippen molar-refractivity contribution < 1.29 is 13.0 Å². The zero-order valence-corrected chi connectivity index (χ0v) is 9.42. The lowest BCUT2D eigenvalue weighted by atomic mass is 10.3. The Labute approximate surface area is 99.4 Å². The van der Waals surface area contributed by atoms with E-state index in [1.54, 1.807) is 6.07 Å². The summed E-state index contributed by atoms with van der Waals surface area (Å²) in [5.41, 5.74) is 0.472. The summed E-state index contributed by atoms with van der Waals surface area (Å²) in [5, 5.41) is 19.5. The number of anilines is 1. The van der Waals surface area contributed by atoms with Gasteiger partial charge >= 0.3 is 0 Å². The van der Waals surface area contributed by atoms with E-state index in [0.717, 1.165) is 0 Å². The number of benzene rings is 1. The van der Waals surface area contributed by atoms with Crippen LogP contribution >= 0.6 is 0 Å². The van der Waals surface area contributed by atoms with Crippen molar-refractivity contribution >= 4 is 27.0 Å². The highest BCUT2D eigenvalue weighted by Crippen LogP contribution is 2.20. The van der Waals surface area contributed by atoms with Crippen LogP contribution < -0.4 is 4.72 Å². The molecule has 18 heavy (non-hydrogen) atoms. The molecular formula is C7H5N7O3S.